The van der Waals surface area contributed by atoms with Crippen LogP contribution >= 0.6 is 19.8 Å². The second-order valence-corrected chi connectivity index (χ2v) is 10.0. The van der Waals surface area contributed by atoms with E-state index >= 15 is 0 Å². The molecule has 2 heteroatoms. The summed E-state index contributed by atoms with van der Waals surface area (Å²) in [4.78, 5) is 0. The maximum absolute atomic E-state index is 8.97. The molecule has 100 valence electrons. The Bertz CT molecular complexity index is 814. The van der Waals surface area contributed by atoms with E-state index in [2.05, 4.69) is 66.7 Å². The Morgan fingerprint density at radius 3 is 1.71 bits per heavy atom. The van der Waals surface area contributed by atoms with Crippen LogP contribution in [0.25, 0.3) is 11.1 Å². The van der Waals surface area contributed by atoms with E-state index in [1.807, 2.05) is 12.1 Å². The first-order valence-electron chi connectivity index (χ1n) is 6.77. The number of halogens is 1. The summed E-state index contributed by atoms with van der Waals surface area (Å²) < 4.78 is 4.41. The summed E-state index contributed by atoms with van der Waals surface area (Å²) in [6, 6.07) is 27.9. The summed E-state index contributed by atoms with van der Waals surface area (Å²) in [7, 11) is 0. The molecule has 0 amide bonds. The first-order chi connectivity index (χ1) is 10.4. The van der Waals surface area contributed by atoms with Crippen LogP contribution in [0.5, 0.6) is 0 Å². The van der Waals surface area contributed by atoms with Crippen molar-refractivity contribution in [2.75, 3.05) is 0 Å². The number of hydrogen-bond donors (Lipinski definition) is 0. The Balaban J connectivity index is 1.94. The molecule has 1 aliphatic rings. The van der Waals surface area contributed by atoms with Crippen molar-refractivity contribution in [1.29, 1.82) is 5.26 Å². The second kappa shape index (κ2) is 5.01. The van der Waals surface area contributed by atoms with Crippen molar-refractivity contribution in [3.63, 3.8) is 0 Å². The molecule has 0 aliphatic carbocycles. The van der Waals surface area contributed by atoms with E-state index < -0.39 is 19.8 Å². The van der Waals surface area contributed by atoms with Crippen LogP contribution in [0.1, 0.15) is 5.56 Å². The summed E-state index contributed by atoms with van der Waals surface area (Å²) in [6.07, 6.45) is 0. The molecule has 0 radical (unpaired) electrons. The van der Waals surface area contributed by atoms with E-state index in [4.69, 9.17) is 5.26 Å². The topological polar surface area (TPSA) is 23.8 Å². The van der Waals surface area contributed by atoms with Crippen LogP contribution in [0.15, 0.2) is 72.8 Å². The Hall–Kier alpha value is -2.12. The van der Waals surface area contributed by atoms with Gasteiger partial charge in [0.05, 0.1) is 0 Å². The molecule has 21 heavy (non-hydrogen) atoms. The van der Waals surface area contributed by atoms with Crippen molar-refractivity contribution in [2.24, 2.45) is 0 Å². The van der Waals surface area contributed by atoms with Crippen molar-refractivity contribution in [3.8, 4) is 17.2 Å². The Kier molecular flexibility index (Phi) is 3.01. The van der Waals surface area contributed by atoms with Crippen molar-refractivity contribution < 1.29 is 0 Å². The summed E-state index contributed by atoms with van der Waals surface area (Å²) in [5, 5.41) is 8.97. The van der Waals surface area contributed by atoms with E-state index in [0.717, 1.165) is 5.56 Å². The van der Waals surface area contributed by atoms with Gasteiger partial charge in [0.1, 0.15) is 0 Å². The number of nitriles is 1. The number of fused-ring (bicyclic) bond motifs is 3. The average molecular weight is 381 g/mol. The van der Waals surface area contributed by atoms with Crippen molar-refractivity contribution in [2.45, 2.75) is 0 Å². The average Bonchev–Trinajstić information content (AvgIpc) is 2.90. The van der Waals surface area contributed by atoms with Crippen LogP contribution in [0, 0.1) is 22.0 Å². The van der Waals surface area contributed by atoms with E-state index in [9.17, 15) is 0 Å². The molecule has 1 nitrogen and oxygen atoms in total. The van der Waals surface area contributed by atoms with Gasteiger partial charge in [-0.3, -0.25) is 0 Å². The summed E-state index contributed by atoms with van der Waals surface area (Å²) >= 11 is -1.59. The van der Waals surface area contributed by atoms with Crippen molar-refractivity contribution in [1.82, 2.24) is 0 Å². The minimum atomic E-state index is -1.59. The van der Waals surface area contributed by atoms with E-state index in [1.165, 1.54) is 21.8 Å². The van der Waals surface area contributed by atoms with E-state index in [1.54, 1.807) is 0 Å². The Labute approximate surface area is 131 Å². The third-order valence-electron chi connectivity index (χ3n) is 3.64. The molecule has 0 atom stereocenters. The summed E-state index contributed by atoms with van der Waals surface area (Å²) in [5.41, 5.74) is 3.51. The molecule has 0 fully saturated rings. The summed E-state index contributed by atoms with van der Waals surface area (Å²) in [6.45, 7) is 0. The molecule has 0 saturated heterocycles. The molecular formula is C19H12IN. The Morgan fingerprint density at radius 2 is 1.19 bits per heavy atom. The van der Waals surface area contributed by atoms with Crippen LogP contribution in [-0.2, 0) is 0 Å². The molecule has 0 saturated carbocycles. The maximum atomic E-state index is 8.97. The van der Waals surface area contributed by atoms with Gasteiger partial charge in [0.15, 0.2) is 0 Å². The molecule has 0 N–H and O–H groups in total. The number of nitrogens with zero attached hydrogens (tertiary/aromatic N) is 1. The minimum absolute atomic E-state index is 0.732. The van der Waals surface area contributed by atoms with Gasteiger partial charge in [-0.2, -0.15) is 0 Å². The molecule has 1 heterocycles. The van der Waals surface area contributed by atoms with E-state index in [0.29, 0.717) is 0 Å². The van der Waals surface area contributed by atoms with Gasteiger partial charge in [0.25, 0.3) is 0 Å². The van der Waals surface area contributed by atoms with E-state index in [-0.39, 0.29) is 0 Å². The van der Waals surface area contributed by atoms with Crippen molar-refractivity contribution >= 4 is 19.8 Å². The third kappa shape index (κ3) is 1.97. The normalized spacial score (nSPS) is 13.4. The first kappa shape index (κ1) is 12.6. The zero-order valence-corrected chi connectivity index (χ0v) is 13.4. The quantitative estimate of drug-likeness (QED) is 0.428. The molecule has 0 aromatic heterocycles. The fourth-order valence-corrected chi connectivity index (χ4v) is 8.97. The molecular weight excluding hydrogens is 369 g/mol. The monoisotopic (exact) mass is 381 g/mol. The molecule has 4 rings (SSSR count). The number of benzene rings is 3. The van der Waals surface area contributed by atoms with Gasteiger partial charge in [0.2, 0.25) is 0 Å². The van der Waals surface area contributed by atoms with Crippen LogP contribution in [-0.4, -0.2) is 0 Å². The SMILES string of the molecule is N#Cc1ccc(I2c3ccccc3-c3ccccc32)cc1. The molecule has 0 bridgehead atoms. The zero-order valence-electron chi connectivity index (χ0n) is 11.3. The first-order valence-corrected chi connectivity index (χ1v) is 10.0. The van der Waals surface area contributed by atoms with Crippen LogP contribution in [0.3, 0.4) is 0 Å². The second-order valence-electron chi connectivity index (χ2n) is 4.86. The molecule has 3 aromatic carbocycles. The fourth-order valence-electron chi connectivity index (χ4n) is 2.68. The molecule has 0 spiro atoms. The Morgan fingerprint density at radius 1 is 0.667 bits per heavy atom. The van der Waals surface area contributed by atoms with Crippen molar-refractivity contribution in [3.05, 3.63) is 89.1 Å². The molecule has 0 unspecified atom stereocenters. The number of hydrogen-bond acceptors (Lipinski definition) is 1. The van der Waals surface area contributed by atoms with Gasteiger partial charge >= 0.3 is 131 Å². The van der Waals surface area contributed by atoms with Gasteiger partial charge in [-0.15, -0.1) is 0 Å². The van der Waals surface area contributed by atoms with Gasteiger partial charge in [-0.1, -0.05) is 0 Å². The zero-order chi connectivity index (χ0) is 14.2. The number of rotatable bonds is 1. The fraction of sp³-hybridized carbons (Fsp3) is 0. The predicted octanol–water partition coefficient (Wildman–Crippen LogP) is 4.95. The van der Waals surface area contributed by atoms with Gasteiger partial charge in [-0.25, -0.2) is 0 Å². The van der Waals surface area contributed by atoms with Crippen LogP contribution in [0.4, 0.5) is 0 Å². The predicted molar refractivity (Wildman–Crippen MR) is 93.1 cm³/mol. The van der Waals surface area contributed by atoms with Gasteiger partial charge in [0, 0.05) is 0 Å². The van der Waals surface area contributed by atoms with Gasteiger partial charge < -0.3 is 0 Å². The summed E-state index contributed by atoms with van der Waals surface area (Å²) in [5.74, 6) is 0. The van der Waals surface area contributed by atoms with Gasteiger partial charge in [-0.05, 0) is 0 Å². The molecule has 3 aromatic rings. The van der Waals surface area contributed by atoms with Crippen LogP contribution < -0.4 is 0 Å². The molecule has 1 aliphatic heterocycles. The standard InChI is InChI=1S/C19H12IN/c21-13-14-9-11-15(12-10-14)20-18-7-3-1-5-16(18)17-6-2-4-8-19(17)20/h1-12H. The third-order valence-corrected chi connectivity index (χ3v) is 9.81. The van der Waals surface area contributed by atoms with Crippen LogP contribution in [0.2, 0.25) is 0 Å².